The van der Waals surface area contributed by atoms with Gasteiger partial charge in [-0.1, -0.05) is 43.5 Å². The first-order valence-electron chi connectivity index (χ1n) is 10.2. The fraction of sp³-hybridized carbons (Fsp3) is 0.545. The van der Waals surface area contributed by atoms with Crippen LogP contribution in [0.3, 0.4) is 0 Å². The Kier molecular flexibility index (Phi) is 5.89. The van der Waals surface area contributed by atoms with Gasteiger partial charge in [0.15, 0.2) is 0 Å². The first-order valence-corrected chi connectivity index (χ1v) is 11.1. The van der Waals surface area contributed by atoms with Crippen molar-refractivity contribution in [1.82, 2.24) is 14.8 Å². The summed E-state index contributed by atoms with van der Waals surface area (Å²) in [5, 5.41) is 3.34. The molecule has 2 fully saturated rings. The SMILES string of the molecule is CC(=O)N1CCN(Cc2nc(-c3ccc(C4CCCCC4)cc3)cs2)CC1. The van der Waals surface area contributed by atoms with E-state index in [-0.39, 0.29) is 5.91 Å². The second kappa shape index (κ2) is 8.53. The largest absolute Gasteiger partial charge is 0.340 e. The predicted octanol–water partition coefficient (Wildman–Crippen LogP) is 4.52. The normalized spacial score (nSPS) is 19.4. The van der Waals surface area contributed by atoms with Gasteiger partial charge in [0, 0.05) is 44.0 Å². The summed E-state index contributed by atoms with van der Waals surface area (Å²) in [7, 11) is 0. The average Bonchev–Trinajstić information content (AvgIpc) is 3.18. The Balaban J connectivity index is 1.35. The van der Waals surface area contributed by atoms with E-state index < -0.39 is 0 Å². The van der Waals surface area contributed by atoms with Crippen LogP contribution >= 0.6 is 11.3 Å². The van der Waals surface area contributed by atoms with E-state index in [0.717, 1.165) is 49.3 Å². The molecule has 2 aromatic rings. The van der Waals surface area contributed by atoms with E-state index in [1.807, 2.05) is 4.90 Å². The minimum Gasteiger partial charge on any atom is -0.340 e. The van der Waals surface area contributed by atoms with Gasteiger partial charge in [-0.25, -0.2) is 4.98 Å². The molecule has 1 aromatic heterocycles. The van der Waals surface area contributed by atoms with Crippen LogP contribution < -0.4 is 0 Å². The van der Waals surface area contributed by atoms with Crippen LogP contribution in [0.2, 0.25) is 0 Å². The van der Waals surface area contributed by atoms with Crippen LogP contribution in [0.1, 0.15) is 55.5 Å². The van der Waals surface area contributed by atoms with Crippen LogP contribution in [0, 0.1) is 0 Å². The number of thiazole rings is 1. The maximum Gasteiger partial charge on any atom is 0.219 e. The van der Waals surface area contributed by atoms with Crippen LogP contribution in [-0.2, 0) is 11.3 Å². The molecule has 4 rings (SSSR count). The Morgan fingerprint density at radius 2 is 1.78 bits per heavy atom. The molecular weight excluding hydrogens is 354 g/mol. The number of amides is 1. The zero-order valence-electron chi connectivity index (χ0n) is 16.2. The first-order chi connectivity index (χ1) is 13.2. The summed E-state index contributed by atoms with van der Waals surface area (Å²) in [6, 6.07) is 9.11. The Morgan fingerprint density at radius 1 is 1.07 bits per heavy atom. The van der Waals surface area contributed by atoms with E-state index in [2.05, 4.69) is 34.5 Å². The van der Waals surface area contributed by atoms with Crippen molar-refractivity contribution in [2.24, 2.45) is 0 Å². The lowest BCUT2D eigenvalue weighted by atomic mass is 9.84. The average molecular weight is 384 g/mol. The third-order valence-electron chi connectivity index (χ3n) is 6.01. The van der Waals surface area contributed by atoms with Crippen molar-refractivity contribution in [3.05, 3.63) is 40.2 Å². The van der Waals surface area contributed by atoms with Crippen molar-refractivity contribution in [3.8, 4) is 11.3 Å². The topological polar surface area (TPSA) is 36.4 Å². The van der Waals surface area contributed by atoms with Gasteiger partial charge in [-0.15, -0.1) is 11.3 Å². The number of hydrogen-bond donors (Lipinski definition) is 0. The van der Waals surface area contributed by atoms with Gasteiger partial charge in [-0.2, -0.15) is 0 Å². The molecule has 0 spiro atoms. The number of benzene rings is 1. The number of rotatable bonds is 4. The molecule has 0 atom stereocenters. The molecule has 5 heteroatoms. The van der Waals surface area contributed by atoms with Crippen LogP contribution in [0.15, 0.2) is 29.6 Å². The molecule has 1 aromatic carbocycles. The number of nitrogens with zero attached hydrogens (tertiary/aromatic N) is 3. The second-order valence-electron chi connectivity index (χ2n) is 7.87. The zero-order valence-corrected chi connectivity index (χ0v) is 17.0. The van der Waals surface area contributed by atoms with Crippen LogP contribution in [0.5, 0.6) is 0 Å². The zero-order chi connectivity index (χ0) is 18.6. The maximum atomic E-state index is 11.4. The summed E-state index contributed by atoms with van der Waals surface area (Å²) in [6.45, 7) is 6.07. The molecule has 2 heterocycles. The molecule has 1 aliphatic heterocycles. The van der Waals surface area contributed by atoms with Crippen molar-refractivity contribution in [1.29, 1.82) is 0 Å². The molecule has 0 bridgehead atoms. The van der Waals surface area contributed by atoms with E-state index >= 15 is 0 Å². The summed E-state index contributed by atoms with van der Waals surface area (Å²) in [6.07, 6.45) is 6.85. The summed E-state index contributed by atoms with van der Waals surface area (Å²) in [5.41, 5.74) is 3.81. The second-order valence-corrected chi connectivity index (χ2v) is 8.81. The van der Waals surface area contributed by atoms with Crippen LogP contribution in [0.4, 0.5) is 0 Å². The van der Waals surface area contributed by atoms with Gasteiger partial charge in [-0.3, -0.25) is 9.69 Å². The highest BCUT2D eigenvalue weighted by Gasteiger charge is 2.20. The number of piperazine rings is 1. The molecule has 144 valence electrons. The highest BCUT2D eigenvalue weighted by atomic mass is 32.1. The minimum absolute atomic E-state index is 0.183. The molecule has 0 unspecified atom stereocenters. The number of carbonyl (C=O) groups excluding carboxylic acids is 1. The molecule has 2 aliphatic rings. The number of hydrogen-bond acceptors (Lipinski definition) is 4. The molecule has 4 nitrogen and oxygen atoms in total. The summed E-state index contributed by atoms with van der Waals surface area (Å²) in [5.74, 6) is 0.940. The standard InChI is InChI=1S/C22H29N3OS/c1-17(26)25-13-11-24(12-14-25)15-22-23-21(16-27-22)20-9-7-19(8-10-20)18-5-3-2-4-6-18/h7-10,16,18H,2-6,11-15H2,1H3. The highest BCUT2D eigenvalue weighted by Crippen LogP contribution is 2.33. The molecule has 1 saturated carbocycles. The highest BCUT2D eigenvalue weighted by molar-refractivity contribution is 7.09. The molecule has 0 radical (unpaired) electrons. The quantitative estimate of drug-likeness (QED) is 0.779. The monoisotopic (exact) mass is 383 g/mol. The van der Waals surface area contributed by atoms with Gasteiger partial charge >= 0.3 is 0 Å². The third kappa shape index (κ3) is 4.58. The van der Waals surface area contributed by atoms with Crippen molar-refractivity contribution >= 4 is 17.2 Å². The number of aromatic nitrogens is 1. The molecule has 1 saturated heterocycles. The van der Waals surface area contributed by atoms with E-state index in [1.54, 1.807) is 18.3 Å². The van der Waals surface area contributed by atoms with Crippen LogP contribution in [-0.4, -0.2) is 46.9 Å². The molecule has 1 aliphatic carbocycles. The summed E-state index contributed by atoms with van der Waals surface area (Å²) >= 11 is 1.74. The fourth-order valence-corrected chi connectivity index (χ4v) is 5.13. The summed E-state index contributed by atoms with van der Waals surface area (Å²) in [4.78, 5) is 20.6. The molecule has 1 amide bonds. The van der Waals surface area contributed by atoms with Gasteiger partial charge < -0.3 is 4.90 Å². The Hall–Kier alpha value is -1.72. The van der Waals surface area contributed by atoms with E-state index in [4.69, 9.17) is 4.98 Å². The van der Waals surface area contributed by atoms with E-state index in [0.29, 0.717) is 0 Å². The molecular formula is C22H29N3OS. The lowest BCUT2D eigenvalue weighted by Gasteiger charge is -2.33. The third-order valence-corrected chi connectivity index (χ3v) is 6.84. The van der Waals surface area contributed by atoms with Gasteiger partial charge in [-0.05, 0) is 24.3 Å². The van der Waals surface area contributed by atoms with Crippen molar-refractivity contribution < 1.29 is 4.79 Å². The van der Waals surface area contributed by atoms with E-state index in [1.165, 1.54) is 43.2 Å². The van der Waals surface area contributed by atoms with Gasteiger partial charge in [0.05, 0.1) is 12.2 Å². The molecule has 0 N–H and O–H groups in total. The lowest BCUT2D eigenvalue weighted by molar-refractivity contribution is -0.130. The fourth-order valence-electron chi connectivity index (χ4n) is 4.29. The van der Waals surface area contributed by atoms with Gasteiger partial charge in [0.25, 0.3) is 0 Å². The Bertz CT molecular complexity index is 756. The smallest absolute Gasteiger partial charge is 0.219 e. The summed E-state index contributed by atoms with van der Waals surface area (Å²) < 4.78 is 0. The predicted molar refractivity (Wildman–Crippen MR) is 111 cm³/mol. The molecule has 27 heavy (non-hydrogen) atoms. The first kappa shape index (κ1) is 18.6. The maximum absolute atomic E-state index is 11.4. The minimum atomic E-state index is 0.183. The van der Waals surface area contributed by atoms with Crippen molar-refractivity contribution in [2.45, 2.75) is 51.5 Å². The van der Waals surface area contributed by atoms with Crippen molar-refractivity contribution in [3.63, 3.8) is 0 Å². The van der Waals surface area contributed by atoms with Gasteiger partial charge in [0.1, 0.15) is 5.01 Å². The Morgan fingerprint density at radius 3 is 2.44 bits per heavy atom. The van der Waals surface area contributed by atoms with Crippen LogP contribution in [0.25, 0.3) is 11.3 Å². The van der Waals surface area contributed by atoms with E-state index in [9.17, 15) is 4.79 Å². The lowest BCUT2D eigenvalue weighted by Crippen LogP contribution is -2.47. The number of carbonyl (C=O) groups is 1. The van der Waals surface area contributed by atoms with Crippen molar-refractivity contribution in [2.75, 3.05) is 26.2 Å². The Labute approximate surface area is 166 Å². The van der Waals surface area contributed by atoms with Gasteiger partial charge in [0.2, 0.25) is 5.91 Å².